The molecule has 0 unspecified atom stereocenters. The molecule has 2 heterocycles. The fourth-order valence-electron chi connectivity index (χ4n) is 2.22. The van der Waals surface area contributed by atoms with Crippen LogP contribution in [0.3, 0.4) is 0 Å². The molecular formula is C17H14N2O6S. The number of urea groups is 1. The summed E-state index contributed by atoms with van der Waals surface area (Å²) in [6.07, 6.45) is 0. The maximum absolute atomic E-state index is 12.4. The molecular weight excluding hydrogens is 360 g/mol. The van der Waals surface area contributed by atoms with E-state index in [2.05, 4.69) is 5.32 Å². The molecule has 8 nitrogen and oxygen atoms in total. The van der Waals surface area contributed by atoms with Gasteiger partial charge < -0.3 is 19.6 Å². The maximum Gasteiger partial charge on any atom is 0.351 e. The van der Waals surface area contributed by atoms with E-state index in [4.69, 9.17) is 14.3 Å². The average molecular weight is 374 g/mol. The highest BCUT2D eigenvalue weighted by Gasteiger charge is 2.18. The predicted octanol–water partition coefficient (Wildman–Crippen LogP) is 3.23. The first-order valence-corrected chi connectivity index (χ1v) is 8.20. The van der Waals surface area contributed by atoms with Crippen LogP contribution in [-0.4, -0.2) is 31.3 Å². The van der Waals surface area contributed by atoms with Crippen molar-refractivity contribution >= 4 is 44.3 Å². The lowest BCUT2D eigenvalue weighted by atomic mass is 10.3. The summed E-state index contributed by atoms with van der Waals surface area (Å²) >= 11 is 1.14. The van der Waals surface area contributed by atoms with Crippen molar-refractivity contribution in [1.82, 2.24) is 0 Å². The highest BCUT2D eigenvalue weighted by molar-refractivity contribution is 7.22. The number of aromatic carboxylic acids is 1. The number of ether oxygens (including phenoxy) is 1. The highest BCUT2D eigenvalue weighted by Crippen LogP contribution is 2.32. The molecule has 2 amide bonds. The standard InChI is InChI=1S/C17H14N2O6S/c1-19(17(23)18-9-4-3-5-10(6-9)24-2)14-8-12-13(26-14)7-11(15(20)21)16(22)25-12/h3-8H,1-2H3,(H,18,23)(H,20,21). The van der Waals surface area contributed by atoms with E-state index in [1.54, 1.807) is 31.3 Å². The van der Waals surface area contributed by atoms with Gasteiger partial charge in [0.2, 0.25) is 0 Å². The number of hydrogen-bond donors (Lipinski definition) is 2. The molecule has 0 radical (unpaired) electrons. The lowest BCUT2D eigenvalue weighted by Crippen LogP contribution is -2.30. The Hall–Kier alpha value is -3.33. The van der Waals surface area contributed by atoms with Crippen molar-refractivity contribution in [3.63, 3.8) is 0 Å². The summed E-state index contributed by atoms with van der Waals surface area (Å²) in [4.78, 5) is 36.4. The first-order chi connectivity index (χ1) is 12.4. The zero-order valence-electron chi connectivity index (χ0n) is 13.8. The van der Waals surface area contributed by atoms with Gasteiger partial charge in [0.1, 0.15) is 16.3 Å². The van der Waals surface area contributed by atoms with Crippen molar-refractivity contribution in [2.45, 2.75) is 0 Å². The number of nitrogens with zero attached hydrogens (tertiary/aromatic N) is 1. The Morgan fingerprint density at radius 3 is 2.73 bits per heavy atom. The number of carboxylic acid groups (broad SMARTS) is 1. The lowest BCUT2D eigenvalue weighted by molar-refractivity contribution is 0.0692. The van der Waals surface area contributed by atoms with E-state index in [0.717, 1.165) is 11.3 Å². The second-order valence-corrected chi connectivity index (χ2v) is 6.35. The van der Waals surface area contributed by atoms with Gasteiger partial charge in [-0.05, 0) is 18.2 Å². The molecule has 3 aromatic rings. The molecule has 0 aliphatic rings. The van der Waals surface area contributed by atoms with Crippen molar-refractivity contribution in [1.29, 1.82) is 0 Å². The fraction of sp³-hybridized carbons (Fsp3) is 0.118. The minimum atomic E-state index is -1.36. The van der Waals surface area contributed by atoms with Crippen LogP contribution < -0.4 is 20.6 Å². The van der Waals surface area contributed by atoms with Crippen molar-refractivity contribution in [3.05, 3.63) is 52.4 Å². The molecule has 0 spiro atoms. The molecule has 1 aromatic carbocycles. The third-order valence-electron chi connectivity index (χ3n) is 3.60. The van der Waals surface area contributed by atoms with Crippen molar-refractivity contribution in [3.8, 4) is 5.75 Å². The van der Waals surface area contributed by atoms with Gasteiger partial charge in [-0.1, -0.05) is 6.07 Å². The second-order valence-electron chi connectivity index (χ2n) is 5.29. The van der Waals surface area contributed by atoms with Crippen molar-refractivity contribution < 1.29 is 23.8 Å². The van der Waals surface area contributed by atoms with E-state index in [9.17, 15) is 14.4 Å². The summed E-state index contributed by atoms with van der Waals surface area (Å²) < 4.78 is 10.6. The van der Waals surface area contributed by atoms with Crippen LogP contribution in [-0.2, 0) is 0 Å². The number of anilines is 2. The summed E-state index contributed by atoms with van der Waals surface area (Å²) in [6.45, 7) is 0. The molecule has 0 fully saturated rings. The van der Waals surface area contributed by atoms with Gasteiger partial charge in [0.15, 0.2) is 5.58 Å². The molecule has 2 N–H and O–H groups in total. The normalized spacial score (nSPS) is 10.5. The van der Waals surface area contributed by atoms with Crippen LogP contribution in [0.25, 0.3) is 10.3 Å². The first kappa shape index (κ1) is 17.5. The number of carbonyl (C=O) groups is 2. The van der Waals surface area contributed by atoms with Crippen molar-refractivity contribution in [2.75, 3.05) is 24.4 Å². The van der Waals surface area contributed by atoms with Crippen molar-refractivity contribution in [2.24, 2.45) is 0 Å². The maximum atomic E-state index is 12.4. The van der Waals surface area contributed by atoms with Crippen LogP contribution in [0.4, 0.5) is 15.5 Å². The number of carboxylic acids is 1. The van der Waals surface area contributed by atoms with Crippen LogP contribution in [0, 0.1) is 0 Å². The van der Waals surface area contributed by atoms with Gasteiger partial charge in [-0.3, -0.25) is 4.90 Å². The third-order valence-corrected chi connectivity index (χ3v) is 4.74. The summed E-state index contributed by atoms with van der Waals surface area (Å²) in [5.41, 5.74) is -0.602. The summed E-state index contributed by atoms with van der Waals surface area (Å²) in [5, 5.41) is 12.2. The third kappa shape index (κ3) is 3.38. The number of methoxy groups -OCH3 is 1. The Morgan fingerprint density at radius 1 is 1.27 bits per heavy atom. The predicted molar refractivity (Wildman–Crippen MR) is 97.7 cm³/mol. The zero-order valence-corrected chi connectivity index (χ0v) is 14.6. The van der Waals surface area contributed by atoms with E-state index >= 15 is 0 Å². The molecule has 9 heteroatoms. The first-order valence-electron chi connectivity index (χ1n) is 7.39. The zero-order chi connectivity index (χ0) is 18.8. The van der Waals surface area contributed by atoms with Gasteiger partial charge in [-0.25, -0.2) is 14.4 Å². The van der Waals surface area contributed by atoms with Gasteiger partial charge in [0, 0.05) is 24.9 Å². The quantitative estimate of drug-likeness (QED) is 0.726. The second kappa shape index (κ2) is 6.89. The number of nitrogens with one attached hydrogen (secondary N) is 1. The largest absolute Gasteiger partial charge is 0.497 e. The lowest BCUT2D eigenvalue weighted by Gasteiger charge is -2.16. The highest BCUT2D eigenvalue weighted by atomic mass is 32.1. The molecule has 0 aliphatic heterocycles. The number of fused-ring (bicyclic) bond motifs is 1. The monoisotopic (exact) mass is 374 g/mol. The SMILES string of the molecule is COc1cccc(NC(=O)N(C)c2cc3oc(=O)c(C(=O)O)cc3s2)c1. The van der Waals surface area contributed by atoms with Gasteiger partial charge >= 0.3 is 17.6 Å². The molecule has 0 saturated carbocycles. The van der Waals surface area contributed by atoms with Gasteiger partial charge in [0.25, 0.3) is 0 Å². The Morgan fingerprint density at radius 2 is 2.04 bits per heavy atom. The van der Waals surface area contributed by atoms with Gasteiger partial charge in [-0.2, -0.15) is 0 Å². The van der Waals surface area contributed by atoms with Gasteiger partial charge in [0.05, 0.1) is 11.8 Å². The Bertz CT molecular complexity index is 1050. The number of benzene rings is 1. The number of amides is 2. The number of hydrogen-bond acceptors (Lipinski definition) is 6. The summed E-state index contributed by atoms with van der Waals surface area (Å²) in [5.74, 6) is -0.755. The topological polar surface area (TPSA) is 109 Å². The van der Waals surface area contributed by atoms with Crippen LogP contribution in [0.1, 0.15) is 10.4 Å². The number of carbonyl (C=O) groups excluding carboxylic acids is 1. The number of rotatable bonds is 4. The molecule has 3 rings (SSSR count). The summed E-state index contributed by atoms with van der Waals surface area (Å²) in [6, 6.07) is 9.24. The fourth-order valence-corrected chi connectivity index (χ4v) is 3.21. The van der Waals surface area contributed by atoms with E-state index in [1.807, 2.05) is 0 Å². The van der Waals surface area contributed by atoms with E-state index in [1.165, 1.54) is 24.1 Å². The Labute approximate surface area is 151 Å². The van der Waals surface area contributed by atoms with E-state index in [-0.39, 0.29) is 5.58 Å². The smallest absolute Gasteiger partial charge is 0.351 e. The molecule has 2 aromatic heterocycles. The van der Waals surface area contributed by atoms with Crippen LogP contribution in [0.2, 0.25) is 0 Å². The number of thiophene rings is 1. The van der Waals surface area contributed by atoms with Crippen LogP contribution in [0.15, 0.2) is 45.6 Å². The molecule has 0 saturated heterocycles. The molecule has 0 bridgehead atoms. The van der Waals surface area contributed by atoms with E-state index in [0.29, 0.717) is 21.1 Å². The van der Waals surface area contributed by atoms with Gasteiger partial charge in [-0.15, -0.1) is 11.3 Å². The minimum Gasteiger partial charge on any atom is -0.497 e. The average Bonchev–Trinajstić information content (AvgIpc) is 3.02. The Balaban J connectivity index is 1.86. The molecule has 0 atom stereocenters. The molecule has 0 aliphatic carbocycles. The minimum absolute atomic E-state index is 0.223. The van der Waals surface area contributed by atoms with Crippen LogP contribution >= 0.6 is 11.3 Å². The molecule has 134 valence electrons. The summed E-state index contributed by atoms with van der Waals surface area (Å²) in [7, 11) is 3.08. The Kier molecular flexibility index (Phi) is 4.63. The van der Waals surface area contributed by atoms with Crippen LogP contribution in [0.5, 0.6) is 5.75 Å². The van der Waals surface area contributed by atoms with E-state index < -0.39 is 23.2 Å². The molecule has 26 heavy (non-hydrogen) atoms.